The first-order chi connectivity index (χ1) is 31.7. The van der Waals surface area contributed by atoms with Gasteiger partial charge in [-0.2, -0.15) is 0 Å². The standard InChI is InChI=1S/C22H20ClFN6O3.C22H19FN6O2S.CH4/c23-19-18(20(28-13-27-19)26-9-17-16(24)7-4-8-25-17)29-21(31)15-10-30(11-15)22(32)33-12-14-5-2-1-3-6-14;23-16-7-4-8-24-17(16)9-25-19-18-21(27-13-26-19)32-20(28-18)15-10-29(11-15)22(30)31-12-14-5-2-1-3-6-14;/h1-8,13,15H,9-12H2,(H,29,31)(H,26,27,28);1-8,13,15H,9-12H2,(H,25,26,27);1H4. The molecule has 17 nitrogen and oxygen atoms in total. The van der Waals surface area contributed by atoms with Crippen LogP contribution in [0.4, 0.5) is 35.7 Å². The van der Waals surface area contributed by atoms with Crippen LogP contribution in [0.25, 0.3) is 10.3 Å². The van der Waals surface area contributed by atoms with Crippen molar-refractivity contribution in [2.24, 2.45) is 5.92 Å². The van der Waals surface area contributed by atoms with Gasteiger partial charge >= 0.3 is 12.2 Å². The number of pyridine rings is 2. The van der Waals surface area contributed by atoms with Crippen molar-refractivity contribution >= 4 is 68.7 Å². The summed E-state index contributed by atoms with van der Waals surface area (Å²) in [5.74, 6) is -0.743. The summed E-state index contributed by atoms with van der Waals surface area (Å²) in [6.45, 7) is 2.16. The summed E-state index contributed by atoms with van der Waals surface area (Å²) in [5, 5.41) is 9.63. The smallest absolute Gasteiger partial charge is 0.410 e. The predicted octanol–water partition coefficient (Wildman–Crippen LogP) is 8.09. The van der Waals surface area contributed by atoms with Gasteiger partial charge in [-0.1, -0.05) is 91.0 Å². The van der Waals surface area contributed by atoms with Crippen molar-refractivity contribution in [2.75, 3.05) is 42.1 Å². The van der Waals surface area contributed by atoms with Gasteiger partial charge in [-0.25, -0.2) is 43.3 Å². The van der Waals surface area contributed by atoms with Crippen LogP contribution in [0.15, 0.2) is 110 Å². The average Bonchev–Trinajstić information content (AvgIpc) is 3.72. The van der Waals surface area contributed by atoms with E-state index in [1.165, 1.54) is 53.3 Å². The van der Waals surface area contributed by atoms with E-state index in [0.29, 0.717) is 30.1 Å². The summed E-state index contributed by atoms with van der Waals surface area (Å²) >= 11 is 7.62. The summed E-state index contributed by atoms with van der Waals surface area (Å²) in [4.78, 5) is 70.2. The first kappa shape index (κ1) is 46.5. The number of likely N-dealkylation sites (tertiary alicyclic amines) is 2. The molecule has 9 rings (SSSR count). The minimum atomic E-state index is -0.483. The van der Waals surface area contributed by atoms with Crippen molar-refractivity contribution in [1.29, 1.82) is 0 Å². The van der Waals surface area contributed by atoms with Crippen LogP contribution in [0.5, 0.6) is 0 Å². The zero-order valence-electron chi connectivity index (χ0n) is 34.3. The van der Waals surface area contributed by atoms with Gasteiger partial charge < -0.3 is 35.2 Å². The average molecular weight is 937 g/mol. The Kier molecular flexibility index (Phi) is 15.5. The third-order valence-corrected chi connectivity index (χ3v) is 11.6. The Labute approximate surface area is 386 Å². The maximum Gasteiger partial charge on any atom is 0.410 e. The molecule has 0 spiro atoms. The Balaban J connectivity index is 0.000000193. The number of anilines is 3. The minimum Gasteiger partial charge on any atom is -0.445 e. The van der Waals surface area contributed by atoms with Gasteiger partial charge in [-0.15, -0.1) is 0 Å². The molecule has 2 aliphatic rings. The van der Waals surface area contributed by atoms with Crippen LogP contribution in [0, 0.1) is 17.6 Å². The molecule has 340 valence electrons. The van der Waals surface area contributed by atoms with Gasteiger partial charge in [0.05, 0.1) is 30.4 Å². The van der Waals surface area contributed by atoms with Gasteiger partial charge in [0.2, 0.25) is 5.91 Å². The van der Waals surface area contributed by atoms with Crippen molar-refractivity contribution in [1.82, 2.24) is 44.7 Å². The van der Waals surface area contributed by atoms with E-state index in [-0.39, 0.29) is 92.9 Å². The van der Waals surface area contributed by atoms with E-state index in [9.17, 15) is 23.2 Å². The maximum atomic E-state index is 13.8. The van der Waals surface area contributed by atoms with Crippen LogP contribution in [0.1, 0.15) is 40.9 Å². The minimum absolute atomic E-state index is 0. The SMILES string of the molecule is C.O=C(Nc1c(Cl)ncnc1NCc1ncccc1F)C1CN(C(=O)OCc2ccccc2)C1.O=C(OCc1ccccc1)N1CC(c2nc3c(NCc4ncccc4F)ncnc3s2)C1. The molecule has 0 bridgehead atoms. The molecule has 21 heteroatoms. The fourth-order valence-electron chi connectivity index (χ4n) is 6.54. The van der Waals surface area contributed by atoms with E-state index in [2.05, 4.69) is 45.9 Å². The molecule has 3 N–H and O–H groups in total. The molecular formula is C45H43ClF2N12O5S. The summed E-state index contributed by atoms with van der Waals surface area (Å²) < 4.78 is 38.3. The molecule has 0 saturated carbocycles. The fourth-order valence-corrected chi connectivity index (χ4v) is 7.71. The van der Waals surface area contributed by atoms with Crippen LogP contribution in [0.3, 0.4) is 0 Å². The molecule has 0 aliphatic carbocycles. The third kappa shape index (κ3) is 11.6. The Hall–Kier alpha value is -7.45. The van der Waals surface area contributed by atoms with Gasteiger partial charge in [-0.05, 0) is 35.4 Å². The highest BCUT2D eigenvalue weighted by Crippen LogP contribution is 2.35. The van der Waals surface area contributed by atoms with Crippen molar-refractivity contribution in [3.05, 3.63) is 154 Å². The number of amides is 3. The van der Waals surface area contributed by atoms with Crippen molar-refractivity contribution in [2.45, 2.75) is 39.6 Å². The summed E-state index contributed by atoms with van der Waals surface area (Å²) in [6.07, 6.45) is 4.89. The number of rotatable bonds is 13. The Bertz CT molecular complexity index is 2770. The first-order valence-electron chi connectivity index (χ1n) is 20.2. The second kappa shape index (κ2) is 22.0. The van der Waals surface area contributed by atoms with Gasteiger partial charge in [0.25, 0.3) is 0 Å². The molecular weight excluding hydrogens is 894 g/mol. The largest absolute Gasteiger partial charge is 0.445 e. The Morgan fingerprint density at radius 3 is 1.79 bits per heavy atom. The molecule has 2 aromatic carbocycles. The molecule has 7 heterocycles. The van der Waals surface area contributed by atoms with Crippen molar-refractivity contribution in [3.8, 4) is 0 Å². The third-order valence-electron chi connectivity index (χ3n) is 10.2. The van der Waals surface area contributed by atoms with E-state index in [1.807, 2.05) is 60.7 Å². The van der Waals surface area contributed by atoms with E-state index >= 15 is 0 Å². The van der Waals surface area contributed by atoms with Crippen LogP contribution >= 0.6 is 22.9 Å². The normalized spacial score (nSPS) is 13.3. The van der Waals surface area contributed by atoms with Crippen molar-refractivity contribution in [3.63, 3.8) is 0 Å². The number of fused-ring (bicyclic) bond motifs is 1. The van der Waals surface area contributed by atoms with Gasteiger partial charge in [0.1, 0.15) is 58.5 Å². The van der Waals surface area contributed by atoms with Gasteiger partial charge in [0.15, 0.2) is 16.8 Å². The number of hydrogen-bond acceptors (Lipinski definition) is 15. The number of hydrogen-bond donors (Lipinski definition) is 3. The molecule has 5 aromatic heterocycles. The molecule has 2 fully saturated rings. The highest BCUT2D eigenvalue weighted by Gasteiger charge is 2.38. The highest BCUT2D eigenvalue weighted by atomic mass is 35.5. The predicted molar refractivity (Wildman–Crippen MR) is 243 cm³/mol. The molecule has 0 radical (unpaired) electrons. The molecule has 2 saturated heterocycles. The lowest BCUT2D eigenvalue weighted by Gasteiger charge is -2.37. The van der Waals surface area contributed by atoms with E-state index in [4.69, 9.17) is 26.1 Å². The first-order valence-corrected chi connectivity index (χ1v) is 21.4. The van der Waals surface area contributed by atoms with E-state index < -0.39 is 17.8 Å². The zero-order valence-corrected chi connectivity index (χ0v) is 35.9. The Morgan fingerprint density at radius 2 is 1.21 bits per heavy atom. The quantitative estimate of drug-likeness (QED) is 0.0936. The molecule has 66 heavy (non-hydrogen) atoms. The number of aromatic nitrogens is 7. The van der Waals surface area contributed by atoms with Crippen LogP contribution in [-0.2, 0) is 40.6 Å². The second-order valence-corrected chi connectivity index (χ2v) is 16.0. The fraction of sp³-hybridized carbons (Fsp3) is 0.244. The second-order valence-electron chi connectivity index (χ2n) is 14.7. The zero-order chi connectivity index (χ0) is 45.1. The number of thiazole rings is 1. The van der Waals surface area contributed by atoms with Crippen LogP contribution in [0.2, 0.25) is 5.15 Å². The van der Waals surface area contributed by atoms with Crippen LogP contribution < -0.4 is 16.0 Å². The topological polar surface area (TPSA) is 202 Å². The lowest BCUT2D eigenvalue weighted by molar-refractivity contribution is -0.124. The summed E-state index contributed by atoms with van der Waals surface area (Å²) in [5.41, 5.74) is 3.13. The molecule has 3 amide bonds. The summed E-state index contributed by atoms with van der Waals surface area (Å²) in [7, 11) is 0. The lowest BCUT2D eigenvalue weighted by atomic mass is 10.00. The van der Waals surface area contributed by atoms with Crippen molar-refractivity contribution < 1.29 is 32.6 Å². The number of ether oxygens (including phenoxy) is 2. The number of halogens is 3. The highest BCUT2D eigenvalue weighted by molar-refractivity contribution is 7.18. The van der Waals surface area contributed by atoms with Gasteiger partial charge in [0, 0.05) is 44.5 Å². The molecule has 0 atom stereocenters. The molecule has 7 aromatic rings. The number of carbonyl (C=O) groups excluding carboxylic acids is 3. The number of carbonyl (C=O) groups is 3. The number of benzene rings is 2. The van der Waals surface area contributed by atoms with E-state index in [1.54, 1.807) is 17.2 Å². The number of nitrogens with zero attached hydrogens (tertiary/aromatic N) is 9. The molecule has 2 aliphatic heterocycles. The van der Waals surface area contributed by atoms with Crippen LogP contribution in [-0.4, -0.2) is 89.0 Å². The van der Waals surface area contributed by atoms with E-state index in [0.717, 1.165) is 21.0 Å². The maximum absolute atomic E-state index is 13.8. The van der Waals surface area contributed by atoms with Gasteiger partial charge in [-0.3, -0.25) is 14.8 Å². The number of nitrogens with one attached hydrogen (secondary N) is 3. The lowest BCUT2D eigenvalue weighted by Crippen LogP contribution is -2.54. The Morgan fingerprint density at radius 1 is 0.682 bits per heavy atom. The molecule has 0 unspecified atom stereocenters. The summed E-state index contributed by atoms with van der Waals surface area (Å²) in [6, 6.07) is 24.6. The monoisotopic (exact) mass is 936 g/mol.